The highest BCUT2D eigenvalue weighted by Crippen LogP contribution is 2.36. The summed E-state index contributed by atoms with van der Waals surface area (Å²) in [6.07, 6.45) is 1.51. The van der Waals surface area contributed by atoms with Gasteiger partial charge in [-0.15, -0.1) is 0 Å². The molecule has 1 N–H and O–H groups in total. The van der Waals surface area contributed by atoms with E-state index in [9.17, 15) is 12.8 Å². The van der Waals surface area contributed by atoms with Gasteiger partial charge in [0.15, 0.2) is 0 Å². The monoisotopic (exact) mass is 254 g/mol. The van der Waals surface area contributed by atoms with Crippen molar-refractivity contribution >= 4 is 10.0 Å². The van der Waals surface area contributed by atoms with E-state index in [1.807, 2.05) is 0 Å². The maximum absolute atomic E-state index is 13.3. The Morgan fingerprint density at radius 3 is 2.65 bits per heavy atom. The van der Waals surface area contributed by atoms with Gasteiger partial charge < -0.3 is 0 Å². The summed E-state index contributed by atoms with van der Waals surface area (Å²) in [6, 6.07) is 5.16. The quantitative estimate of drug-likeness (QED) is 0.889. The second-order valence-corrected chi connectivity index (χ2v) is 6.04. The molecule has 2 rings (SSSR count). The predicted molar refractivity (Wildman–Crippen MR) is 59.1 cm³/mol. The van der Waals surface area contributed by atoms with Gasteiger partial charge in [-0.2, -0.15) is 5.26 Å². The molecule has 0 saturated heterocycles. The number of hydrogen-bond donors (Lipinski definition) is 1. The number of nitriles is 1. The Kier molecular flexibility index (Phi) is 2.68. The number of nitrogens with one attached hydrogen (secondary N) is 1. The summed E-state index contributed by atoms with van der Waals surface area (Å²) in [5, 5.41) is 8.79. The Morgan fingerprint density at radius 1 is 1.47 bits per heavy atom. The molecule has 0 aliphatic heterocycles. The number of hydrogen-bond acceptors (Lipinski definition) is 3. The van der Waals surface area contributed by atoms with Gasteiger partial charge in [0.05, 0.1) is 0 Å². The van der Waals surface area contributed by atoms with Gasteiger partial charge in [0.2, 0.25) is 10.0 Å². The predicted octanol–water partition coefficient (Wildman–Crippen LogP) is 1.53. The standard InChI is InChI=1S/C11H11FN2O2S/c1-11(5-6-11)14-17(15,16)10-4-2-3-9(12)8(10)7-13/h2-4,14H,5-6H2,1H3. The molecule has 0 aromatic heterocycles. The Bertz CT molecular complexity index is 600. The fourth-order valence-corrected chi connectivity index (χ4v) is 3.14. The Balaban J connectivity index is 2.47. The molecule has 4 nitrogen and oxygen atoms in total. The second kappa shape index (κ2) is 3.79. The molecule has 0 bridgehead atoms. The van der Waals surface area contributed by atoms with Crippen molar-refractivity contribution in [3.05, 3.63) is 29.6 Å². The molecule has 90 valence electrons. The van der Waals surface area contributed by atoms with Crippen LogP contribution in [0.3, 0.4) is 0 Å². The minimum atomic E-state index is -3.83. The SMILES string of the molecule is CC1(NS(=O)(=O)c2cccc(F)c2C#N)CC1. The third-order valence-corrected chi connectivity index (χ3v) is 4.44. The van der Waals surface area contributed by atoms with Crippen LogP contribution in [0.5, 0.6) is 0 Å². The van der Waals surface area contributed by atoms with Crippen LogP contribution in [0.2, 0.25) is 0 Å². The first kappa shape index (κ1) is 12.0. The molecule has 1 aromatic rings. The molecule has 1 fully saturated rings. The maximum Gasteiger partial charge on any atom is 0.242 e. The zero-order chi connectivity index (χ0) is 12.7. The van der Waals surface area contributed by atoms with Crippen LogP contribution >= 0.6 is 0 Å². The number of rotatable bonds is 3. The van der Waals surface area contributed by atoms with Crippen molar-refractivity contribution in [1.82, 2.24) is 4.72 Å². The topological polar surface area (TPSA) is 70.0 Å². The van der Waals surface area contributed by atoms with Gasteiger partial charge in [0.1, 0.15) is 22.3 Å². The lowest BCUT2D eigenvalue weighted by Crippen LogP contribution is -2.34. The summed E-state index contributed by atoms with van der Waals surface area (Å²) in [6.45, 7) is 1.77. The molecule has 6 heteroatoms. The third-order valence-electron chi connectivity index (χ3n) is 2.76. The van der Waals surface area contributed by atoms with E-state index < -0.39 is 26.9 Å². The lowest BCUT2D eigenvalue weighted by Gasteiger charge is -2.13. The molecule has 0 amide bonds. The van der Waals surface area contributed by atoms with Gasteiger partial charge in [-0.1, -0.05) is 6.07 Å². The van der Waals surface area contributed by atoms with Crippen molar-refractivity contribution in [2.24, 2.45) is 0 Å². The molecule has 1 saturated carbocycles. The summed E-state index contributed by atoms with van der Waals surface area (Å²) in [5.74, 6) is -0.823. The van der Waals surface area contributed by atoms with E-state index in [1.165, 1.54) is 12.1 Å². The van der Waals surface area contributed by atoms with E-state index in [1.54, 1.807) is 13.0 Å². The van der Waals surface area contributed by atoms with E-state index >= 15 is 0 Å². The Morgan fingerprint density at radius 2 is 2.12 bits per heavy atom. The van der Waals surface area contributed by atoms with Gasteiger partial charge in [0.25, 0.3) is 0 Å². The molecule has 0 heterocycles. The average molecular weight is 254 g/mol. The fourth-order valence-electron chi connectivity index (χ4n) is 1.51. The first-order valence-corrected chi connectivity index (χ1v) is 6.59. The summed E-state index contributed by atoms with van der Waals surface area (Å²) in [5.41, 5.74) is -0.887. The van der Waals surface area contributed by atoms with E-state index in [4.69, 9.17) is 5.26 Å². The van der Waals surface area contributed by atoms with E-state index in [2.05, 4.69) is 4.72 Å². The molecule has 17 heavy (non-hydrogen) atoms. The van der Waals surface area contributed by atoms with Crippen molar-refractivity contribution < 1.29 is 12.8 Å². The van der Waals surface area contributed by atoms with Gasteiger partial charge in [-0.3, -0.25) is 0 Å². The summed E-state index contributed by atoms with van der Waals surface area (Å²) < 4.78 is 39.8. The Hall–Kier alpha value is -1.45. The molecule has 0 radical (unpaired) electrons. The molecule has 0 atom stereocenters. The van der Waals surface area contributed by atoms with Crippen LogP contribution in [-0.2, 0) is 10.0 Å². The lowest BCUT2D eigenvalue weighted by atomic mass is 10.2. The zero-order valence-corrected chi connectivity index (χ0v) is 10.0. The van der Waals surface area contributed by atoms with Gasteiger partial charge in [-0.25, -0.2) is 17.5 Å². The minimum Gasteiger partial charge on any atom is -0.207 e. The summed E-state index contributed by atoms with van der Waals surface area (Å²) in [7, 11) is -3.83. The van der Waals surface area contributed by atoms with E-state index in [0.29, 0.717) is 0 Å². The normalized spacial score (nSPS) is 17.5. The number of sulfonamides is 1. The van der Waals surface area contributed by atoms with Crippen molar-refractivity contribution in [3.63, 3.8) is 0 Å². The first-order valence-electron chi connectivity index (χ1n) is 5.11. The molecular formula is C11H11FN2O2S. The highest BCUT2D eigenvalue weighted by molar-refractivity contribution is 7.89. The molecule has 1 aromatic carbocycles. The molecule has 1 aliphatic carbocycles. The average Bonchev–Trinajstić information content (AvgIpc) is 2.94. The van der Waals surface area contributed by atoms with Crippen molar-refractivity contribution in [2.45, 2.75) is 30.2 Å². The van der Waals surface area contributed by atoms with Crippen LogP contribution in [0, 0.1) is 17.1 Å². The Labute approximate surface area is 99.1 Å². The van der Waals surface area contributed by atoms with Crippen LogP contribution in [0.4, 0.5) is 4.39 Å². The molecule has 0 spiro atoms. The minimum absolute atomic E-state index is 0.298. The largest absolute Gasteiger partial charge is 0.242 e. The van der Waals surface area contributed by atoms with Crippen molar-refractivity contribution in [2.75, 3.05) is 0 Å². The van der Waals surface area contributed by atoms with Crippen LogP contribution in [-0.4, -0.2) is 14.0 Å². The van der Waals surface area contributed by atoms with Crippen LogP contribution in [0.25, 0.3) is 0 Å². The van der Waals surface area contributed by atoms with Gasteiger partial charge in [0, 0.05) is 5.54 Å². The fraction of sp³-hybridized carbons (Fsp3) is 0.364. The summed E-state index contributed by atoms with van der Waals surface area (Å²) >= 11 is 0. The lowest BCUT2D eigenvalue weighted by molar-refractivity contribution is 0.555. The van der Waals surface area contributed by atoms with Crippen LogP contribution in [0.1, 0.15) is 25.3 Å². The van der Waals surface area contributed by atoms with Crippen molar-refractivity contribution in [3.8, 4) is 6.07 Å². The zero-order valence-electron chi connectivity index (χ0n) is 9.20. The second-order valence-electron chi connectivity index (χ2n) is 4.39. The van der Waals surface area contributed by atoms with E-state index in [-0.39, 0.29) is 4.90 Å². The van der Waals surface area contributed by atoms with Gasteiger partial charge >= 0.3 is 0 Å². The number of benzene rings is 1. The summed E-state index contributed by atoms with van der Waals surface area (Å²) in [4.78, 5) is -0.298. The third kappa shape index (κ3) is 2.30. The number of nitrogens with zero attached hydrogens (tertiary/aromatic N) is 1. The van der Waals surface area contributed by atoms with Crippen LogP contribution in [0.15, 0.2) is 23.1 Å². The molecular weight excluding hydrogens is 243 g/mol. The smallest absolute Gasteiger partial charge is 0.207 e. The highest BCUT2D eigenvalue weighted by atomic mass is 32.2. The maximum atomic E-state index is 13.3. The van der Waals surface area contributed by atoms with Gasteiger partial charge in [-0.05, 0) is 31.9 Å². The number of halogens is 1. The molecule has 0 unspecified atom stereocenters. The van der Waals surface area contributed by atoms with Crippen LogP contribution < -0.4 is 4.72 Å². The van der Waals surface area contributed by atoms with Crippen molar-refractivity contribution in [1.29, 1.82) is 5.26 Å². The molecule has 1 aliphatic rings. The highest BCUT2D eigenvalue weighted by Gasteiger charge is 2.41. The first-order chi connectivity index (χ1) is 7.88. The van der Waals surface area contributed by atoms with E-state index in [0.717, 1.165) is 18.9 Å².